The first-order chi connectivity index (χ1) is 19.6. The van der Waals surface area contributed by atoms with Crippen molar-refractivity contribution in [3.8, 4) is 0 Å². The zero-order valence-corrected chi connectivity index (χ0v) is 25.3. The first-order valence-electron chi connectivity index (χ1n) is 14.9. The van der Waals surface area contributed by atoms with Crippen molar-refractivity contribution < 1.29 is 9.59 Å². The Balaban J connectivity index is 1.57. The minimum Gasteiger partial charge on any atom is -0.311 e. The van der Waals surface area contributed by atoms with Gasteiger partial charge in [-0.15, -0.1) is 23.5 Å². The number of carbonyl (C=O) groups excluding carboxylic acids is 2. The van der Waals surface area contributed by atoms with E-state index in [1.807, 2.05) is 46.2 Å². The molecule has 2 aliphatic heterocycles. The fourth-order valence-corrected chi connectivity index (χ4v) is 8.11. The van der Waals surface area contributed by atoms with Gasteiger partial charge in [-0.3, -0.25) is 9.59 Å². The first-order valence-corrected chi connectivity index (χ1v) is 16.6. The van der Waals surface area contributed by atoms with E-state index in [0.717, 1.165) is 71.1 Å². The molecule has 6 heteroatoms. The number of fused-ring (bicyclic) bond motifs is 3. The van der Waals surface area contributed by atoms with E-state index in [4.69, 9.17) is 0 Å². The molecule has 0 fully saturated rings. The van der Waals surface area contributed by atoms with Gasteiger partial charge in [-0.25, -0.2) is 0 Å². The highest BCUT2D eigenvalue weighted by Crippen LogP contribution is 2.57. The molecule has 0 saturated carbocycles. The number of rotatable bonds is 14. The highest BCUT2D eigenvalue weighted by Gasteiger charge is 2.47. The summed E-state index contributed by atoms with van der Waals surface area (Å²) in [7, 11) is 0. The molecule has 2 amide bonds. The number of hydrogen-bond donors (Lipinski definition) is 0. The lowest BCUT2D eigenvalue weighted by Gasteiger charge is -2.20. The van der Waals surface area contributed by atoms with Gasteiger partial charge >= 0.3 is 0 Å². The molecule has 210 valence electrons. The molecule has 0 radical (unpaired) electrons. The minimum atomic E-state index is -0.356. The van der Waals surface area contributed by atoms with Gasteiger partial charge in [0.25, 0.3) is 0 Å². The number of anilines is 2. The Morgan fingerprint density at radius 2 is 0.950 bits per heavy atom. The van der Waals surface area contributed by atoms with Crippen molar-refractivity contribution in [2.24, 2.45) is 0 Å². The number of thioether (sulfide) groups is 2. The monoisotopic (exact) mass is 572 g/mol. The van der Waals surface area contributed by atoms with Crippen LogP contribution in [-0.4, -0.2) is 24.9 Å². The summed E-state index contributed by atoms with van der Waals surface area (Å²) in [6.45, 7) is 5.87. The first kappa shape index (κ1) is 28.8. The Kier molecular flexibility index (Phi) is 9.92. The van der Waals surface area contributed by atoms with Gasteiger partial charge in [0, 0.05) is 45.4 Å². The van der Waals surface area contributed by atoms with E-state index < -0.39 is 0 Å². The molecule has 0 aromatic heterocycles. The van der Waals surface area contributed by atoms with Gasteiger partial charge in [0.15, 0.2) is 0 Å². The van der Waals surface area contributed by atoms with Crippen molar-refractivity contribution in [1.29, 1.82) is 0 Å². The lowest BCUT2D eigenvalue weighted by molar-refractivity contribution is -0.118. The van der Waals surface area contributed by atoms with Crippen molar-refractivity contribution in [3.63, 3.8) is 0 Å². The van der Waals surface area contributed by atoms with E-state index >= 15 is 0 Å². The molecule has 40 heavy (non-hydrogen) atoms. The van der Waals surface area contributed by atoms with E-state index in [1.165, 1.54) is 25.7 Å². The smallest absolute Gasteiger partial charge is 0.245 e. The van der Waals surface area contributed by atoms with Crippen LogP contribution in [0.3, 0.4) is 0 Å². The number of hydrogen-bond acceptors (Lipinski definition) is 4. The standard InChI is InChI=1S/C34H40N2O2S2/c1-3-5-7-15-23-35-27-21-22-28-30(29(27)31(33(35)37)39-25-17-11-9-12-18-25)32(40-26-19-13-10-14-20-26)34(38)36(28)24-16-8-6-4-2/h9-14,17-22,31-32H,3-8,15-16,23-24H2,1-2H3. The Morgan fingerprint density at radius 3 is 1.32 bits per heavy atom. The Morgan fingerprint density at radius 1 is 0.550 bits per heavy atom. The lowest BCUT2D eigenvalue weighted by atomic mass is 10.0. The van der Waals surface area contributed by atoms with Crippen molar-refractivity contribution >= 4 is 46.7 Å². The summed E-state index contributed by atoms with van der Waals surface area (Å²) in [5.41, 5.74) is 4.08. The molecule has 4 nitrogen and oxygen atoms in total. The molecule has 0 saturated heterocycles. The van der Waals surface area contributed by atoms with Crippen LogP contribution in [0.1, 0.15) is 86.8 Å². The van der Waals surface area contributed by atoms with Crippen LogP contribution in [0.4, 0.5) is 11.4 Å². The molecule has 2 heterocycles. The molecule has 2 aliphatic rings. The van der Waals surface area contributed by atoms with E-state index in [1.54, 1.807) is 23.5 Å². The third kappa shape index (κ3) is 6.13. The summed E-state index contributed by atoms with van der Waals surface area (Å²) >= 11 is 3.24. The second-order valence-corrected chi connectivity index (χ2v) is 13.0. The quantitative estimate of drug-likeness (QED) is 0.181. The molecular formula is C34H40N2O2S2. The van der Waals surface area contributed by atoms with Crippen LogP contribution in [0.15, 0.2) is 82.6 Å². The largest absolute Gasteiger partial charge is 0.311 e. The SMILES string of the molecule is CCCCCCN1C(=O)C(Sc2ccccc2)c2c1ccc1c2C(Sc2ccccc2)C(=O)N1CCCCCC. The van der Waals surface area contributed by atoms with Crippen LogP contribution < -0.4 is 9.80 Å². The van der Waals surface area contributed by atoms with E-state index in [2.05, 4.69) is 50.2 Å². The highest BCUT2D eigenvalue weighted by atomic mass is 32.2. The average Bonchev–Trinajstić information content (AvgIpc) is 3.40. The fraction of sp³-hybridized carbons (Fsp3) is 0.412. The third-order valence-corrected chi connectivity index (χ3v) is 10.2. The molecule has 5 rings (SSSR count). The Bertz CT molecular complexity index is 1200. The second-order valence-electron chi connectivity index (χ2n) is 10.7. The van der Waals surface area contributed by atoms with Crippen molar-refractivity contribution in [1.82, 2.24) is 0 Å². The molecule has 0 N–H and O–H groups in total. The van der Waals surface area contributed by atoms with Gasteiger partial charge in [-0.1, -0.05) is 88.8 Å². The number of carbonyl (C=O) groups is 2. The summed E-state index contributed by atoms with van der Waals surface area (Å²) in [6, 6.07) is 24.6. The highest BCUT2D eigenvalue weighted by molar-refractivity contribution is 8.00. The number of benzene rings is 3. The number of unbranched alkanes of at least 4 members (excludes halogenated alkanes) is 6. The molecular weight excluding hydrogens is 533 g/mol. The summed E-state index contributed by atoms with van der Waals surface area (Å²) in [5.74, 6) is 0.289. The fourth-order valence-electron chi connectivity index (χ4n) is 5.75. The van der Waals surface area contributed by atoms with Gasteiger partial charge in [0.1, 0.15) is 10.5 Å². The van der Waals surface area contributed by atoms with Gasteiger partial charge < -0.3 is 9.80 Å². The lowest BCUT2D eigenvalue weighted by Crippen LogP contribution is -2.29. The molecule has 0 aliphatic carbocycles. The summed E-state index contributed by atoms with van der Waals surface area (Å²) in [6.07, 6.45) is 8.91. The van der Waals surface area contributed by atoms with Crippen LogP contribution in [0.5, 0.6) is 0 Å². The predicted molar refractivity (Wildman–Crippen MR) is 170 cm³/mol. The Labute approximate surface area is 247 Å². The average molecular weight is 573 g/mol. The number of nitrogens with zero attached hydrogens (tertiary/aromatic N) is 2. The molecule has 0 spiro atoms. The molecule has 2 unspecified atom stereocenters. The van der Waals surface area contributed by atoms with E-state index in [-0.39, 0.29) is 22.3 Å². The van der Waals surface area contributed by atoms with E-state index in [9.17, 15) is 9.59 Å². The zero-order chi connectivity index (χ0) is 27.9. The predicted octanol–water partition coefficient (Wildman–Crippen LogP) is 9.21. The van der Waals surface area contributed by atoms with Crippen molar-refractivity contribution in [2.75, 3.05) is 22.9 Å². The molecule has 3 aromatic carbocycles. The van der Waals surface area contributed by atoms with Crippen LogP contribution in [0, 0.1) is 0 Å². The third-order valence-electron chi connectivity index (χ3n) is 7.79. The van der Waals surface area contributed by atoms with E-state index in [0.29, 0.717) is 0 Å². The zero-order valence-electron chi connectivity index (χ0n) is 23.7. The normalized spacial score (nSPS) is 17.9. The summed E-state index contributed by atoms with van der Waals surface area (Å²) in [4.78, 5) is 34.4. The van der Waals surface area contributed by atoms with Crippen molar-refractivity contribution in [3.05, 3.63) is 83.9 Å². The van der Waals surface area contributed by atoms with Gasteiger partial charge in [0.2, 0.25) is 11.8 Å². The molecule has 0 bridgehead atoms. The number of amides is 2. The second kappa shape index (κ2) is 13.8. The maximum Gasteiger partial charge on any atom is 0.245 e. The van der Waals surface area contributed by atoms with Crippen LogP contribution in [0.25, 0.3) is 0 Å². The maximum absolute atomic E-state index is 14.1. The maximum atomic E-state index is 14.1. The van der Waals surface area contributed by atoms with Gasteiger partial charge in [-0.05, 0) is 49.2 Å². The van der Waals surface area contributed by atoms with Gasteiger partial charge in [0.05, 0.1) is 0 Å². The molecule has 2 atom stereocenters. The summed E-state index contributed by atoms with van der Waals surface area (Å²) < 4.78 is 0. The van der Waals surface area contributed by atoms with Crippen LogP contribution in [-0.2, 0) is 9.59 Å². The van der Waals surface area contributed by atoms with Gasteiger partial charge in [-0.2, -0.15) is 0 Å². The van der Waals surface area contributed by atoms with Crippen LogP contribution in [0.2, 0.25) is 0 Å². The minimum absolute atomic E-state index is 0.144. The summed E-state index contributed by atoms with van der Waals surface area (Å²) in [5, 5.41) is -0.713. The van der Waals surface area contributed by atoms with Crippen molar-refractivity contribution in [2.45, 2.75) is 85.5 Å². The Hall–Kier alpha value is -2.70. The topological polar surface area (TPSA) is 40.6 Å². The molecule has 3 aromatic rings. The van der Waals surface area contributed by atoms with Crippen LogP contribution >= 0.6 is 23.5 Å².